The summed E-state index contributed by atoms with van der Waals surface area (Å²) in [5.41, 5.74) is 0. The van der Waals surface area contributed by atoms with E-state index >= 15 is 0 Å². The fourth-order valence-corrected chi connectivity index (χ4v) is 9.86. The number of hydrogen-bond acceptors (Lipinski definition) is 6. The van der Waals surface area contributed by atoms with E-state index in [0.29, 0.717) is 19.3 Å². The van der Waals surface area contributed by atoms with Gasteiger partial charge in [-0.25, -0.2) is 0 Å². The molecule has 0 heterocycles. The molecule has 0 saturated carbocycles. The second kappa shape index (κ2) is 65.6. The molecule has 6 heteroatoms. The number of unbranched alkanes of at least 4 members (excludes halogenated alkanes) is 41. The molecule has 1 atom stereocenters. The highest BCUT2D eigenvalue weighted by atomic mass is 16.6. The summed E-state index contributed by atoms with van der Waals surface area (Å²) in [7, 11) is 0. The summed E-state index contributed by atoms with van der Waals surface area (Å²) in [5, 5.41) is 0. The third-order valence-electron chi connectivity index (χ3n) is 14.9. The van der Waals surface area contributed by atoms with Crippen molar-refractivity contribution < 1.29 is 28.6 Å². The molecule has 0 saturated heterocycles. The molecule has 0 aromatic heterocycles. The maximum Gasteiger partial charge on any atom is 0.306 e. The summed E-state index contributed by atoms with van der Waals surface area (Å²) in [4.78, 5) is 38.2. The van der Waals surface area contributed by atoms with Gasteiger partial charge in [-0.3, -0.25) is 14.4 Å². The molecule has 6 nitrogen and oxygen atoms in total. The number of carbonyl (C=O) groups is 3. The van der Waals surface area contributed by atoms with E-state index in [9.17, 15) is 14.4 Å². The molecule has 0 fully saturated rings. The molecule has 0 aliphatic rings. The first kappa shape index (κ1) is 74.1. The third kappa shape index (κ3) is 63.8. The van der Waals surface area contributed by atoms with Gasteiger partial charge >= 0.3 is 17.9 Å². The van der Waals surface area contributed by atoms with Crippen molar-refractivity contribution in [3.05, 3.63) is 60.8 Å². The normalized spacial score (nSPS) is 12.4. The predicted molar refractivity (Wildman–Crippen MR) is 335 cm³/mol. The van der Waals surface area contributed by atoms with Crippen LogP contribution in [0.3, 0.4) is 0 Å². The number of esters is 3. The lowest BCUT2D eigenvalue weighted by Gasteiger charge is -2.18. The van der Waals surface area contributed by atoms with E-state index < -0.39 is 6.10 Å². The lowest BCUT2D eigenvalue weighted by molar-refractivity contribution is -0.167. The maximum atomic E-state index is 12.9. The third-order valence-corrected chi connectivity index (χ3v) is 14.9. The zero-order valence-electron chi connectivity index (χ0n) is 51.5. The second-order valence-corrected chi connectivity index (χ2v) is 22.7. The van der Waals surface area contributed by atoms with Crippen molar-refractivity contribution in [2.24, 2.45) is 0 Å². The van der Waals surface area contributed by atoms with Crippen LogP contribution in [-0.2, 0) is 28.6 Å². The van der Waals surface area contributed by atoms with Crippen molar-refractivity contribution in [1.29, 1.82) is 0 Å². The van der Waals surface area contributed by atoms with Crippen molar-refractivity contribution in [3.63, 3.8) is 0 Å². The summed E-state index contributed by atoms with van der Waals surface area (Å²) in [6, 6.07) is 0. The first-order valence-electron chi connectivity index (χ1n) is 33.8. The minimum absolute atomic E-state index is 0.0768. The molecule has 0 bridgehead atoms. The number of allylic oxidation sites excluding steroid dienone is 10. The van der Waals surface area contributed by atoms with Gasteiger partial charge in [-0.15, -0.1) is 0 Å². The molecule has 0 N–H and O–H groups in total. The highest BCUT2D eigenvalue weighted by Crippen LogP contribution is 2.17. The van der Waals surface area contributed by atoms with Gasteiger partial charge in [0, 0.05) is 19.3 Å². The van der Waals surface area contributed by atoms with Gasteiger partial charge in [0.2, 0.25) is 0 Å². The quantitative estimate of drug-likeness (QED) is 0.0261. The smallest absolute Gasteiger partial charge is 0.306 e. The number of carbonyl (C=O) groups excluding carboxylic acids is 3. The predicted octanol–water partition coefficient (Wildman–Crippen LogP) is 23.1. The van der Waals surface area contributed by atoms with Gasteiger partial charge < -0.3 is 14.2 Å². The van der Waals surface area contributed by atoms with Crippen LogP contribution in [0, 0.1) is 0 Å². The first-order chi connectivity index (χ1) is 38.0. The van der Waals surface area contributed by atoms with Crippen LogP contribution in [0.15, 0.2) is 60.8 Å². The Morgan fingerprint density at radius 2 is 0.494 bits per heavy atom. The zero-order chi connectivity index (χ0) is 55.7. The fourth-order valence-electron chi connectivity index (χ4n) is 9.86. The Morgan fingerprint density at radius 1 is 0.260 bits per heavy atom. The molecule has 0 aliphatic heterocycles. The van der Waals surface area contributed by atoms with Gasteiger partial charge in [0.1, 0.15) is 13.2 Å². The molecule has 0 spiro atoms. The largest absolute Gasteiger partial charge is 0.462 e. The Morgan fingerprint density at radius 3 is 0.792 bits per heavy atom. The van der Waals surface area contributed by atoms with Crippen molar-refractivity contribution >= 4 is 17.9 Å². The first-order valence-corrected chi connectivity index (χ1v) is 33.8. The summed E-state index contributed by atoms with van der Waals surface area (Å²) in [5.74, 6) is -0.880. The average Bonchev–Trinajstić information content (AvgIpc) is 3.43. The standard InChI is InChI=1S/C71H128O6/c1-4-7-10-13-16-19-22-24-26-28-29-30-31-32-33-34-35-36-37-38-39-40-41-42-43-44-46-47-49-52-55-58-61-64-70(73)76-67-68(66-75-69(72)63-60-57-54-51-21-18-15-12-9-6-3)77-71(74)65-62-59-56-53-50-48-45-27-25-23-20-17-14-11-8-5-2/h12,15,22,24,27-29,31-32,45,68H,4-11,13-14,16-21,23,25-26,30,33-44,46-67H2,1-3H3/b15-12-,24-22-,29-28-,32-31-,45-27-. The zero-order valence-corrected chi connectivity index (χ0v) is 51.5. The van der Waals surface area contributed by atoms with Crippen LogP contribution in [0.4, 0.5) is 0 Å². The fraction of sp³-hybridized carbons (Fsp3) is 0.817. The van der Waals surface area contributed by atoms with Crippen LogP contribution in [0.25, 0.3) is 0 Å². The van der Waals surface area contributed by atoms with Crippen LogP contribution in [0.5, 0.6) is 0 Å². The molecule has 0 rings (SSSR count). The van der Waals surface area contributed by atoms with E-state index in [4.69, 9.17) is 14.2 Å². The Kier molecular flexibility index (Phi) is 63.2. The molecule has 1 unspecified atom stereocenters. The molecule has 77 heavy (non-hydrogen) atoms. The van der Waals surface area contributed by atoms with Crippen LogP contribution < -0.4 is 0 Å². The van der Waals surface area contributed by atoms with Gasteiger partial charge in [0.25, 0.3) is 0 Å². The molecule has 0 radical (unpaired) electrons. The van der Waals surface area contributed by atoms with Crippen LogP contribution >= 0.6 is 0 Å². The summed E-state index contributed by atoms with van der Waals surface area (Å²) in [6.07, 6.45) is 84.0. The monoisotopic (exact) mass is 1080 g/mol. The lowest BCUT2D eigenvalue weighted by atomic mass is 10.0. The van der Waals surface area contributed by atoms with Crippen molar-refractivity contribution in [2.45, 2.75) is 361 Å². The van der Waals surface area contributed by atoms with E-state index in [1.807, 2.05) is 0 Å². The topological polar surface area (TPSA) is 78.9 Å². The van der Waals surface area contributed by atoms with Gasteiger partial charge in [0.05, 0.1) is 0 Å². The summed E-state index contributed by atoms with van der Waals surface area (Å²) in [6.45, 7) is 6.59. The maximum absolute atomic E-state index is 12.9. The molecule has 0 amide bonds. The van der Waals surface area contributed by atoms with Crippen LogP contribution in [0.1, 0.15) is 355 Å². The lowest BCUT2D eigenvalue weighted by Crippen LogP contribution is -2.30. The summed E-state index contributed by atoms with van der Waals surface area (Å²) < 4.78 is 16.9. The molecule has 0 aromatic rings. The van der Waals surface area contributed by atoms with Gasteiger partial charge in [-0.05, 0) is 103 Å². The second-order valence-electron chi connectivity index (χ2n) is 22.7. The summed E-state index contributed by atoms with van der Waals surface area (Å²) >= 11 is 0. The minimum Gasteiger partial charge on any atom is -0.462 e. The number of ether oxygens (including phenoxy) is 3. The SMILES string of the molecule is CCC/C=C\CCCCCCCC(=O)OCC(COC(=O)CCCCCCCCCCCCCCCCCCCC/C=C\C/C=C\C/C=C\CCCCCCC)OC(=O)CCCCCCC/C=C\CCCCCCCCC. The van der Waals surface area contributed by atoms with E-state index in [1.54, 1.807) is 0 Å². The van der Waals surface area contributed by atoms with E-state index in [1.165, 1.54) is 225 Å². The van der Waals surface area contributed by atoms with Gasteiger partial charge in [-0.2, -0.15) is 0 Å². The molecular formula is C71H128O6. The Balaban J connectivity index is 4.08. The average molecular weight is 1080 g/mol. The highest BCUT2D eigenvalue weighted by Gasteiger charge is 2.19. The molecular weight excluding hydrogens is 949 g/mol. The molecule has 0 aliphatic carbocycles. The van der Waals surface area contributed by atoms with Gasteiger partial charge in [0.15, 0.2) is 6.10 Å². The van der Waals surface area contributed by atoms with E-state index in [2.05, 4.69) is 81.5 Å². The van der Waals surface area contributed by atoms with Gasteiger partial charge in [-0.1, -0.05) is 293 Å². The number of rotatable bonds is 62. The van der Waals surface area contributed by atoms with E-state index in [0.717, 1.165) is 89.9 Å². The highest BCUT2D eigenvalue weighted by molar-refractivity contribution is 5.71. The molecule has 0 aromatic carbocycles. The van der Waals surface area contributed by atoms with Crippen LogP contribution in [0.2, 0.25) is 0 Å². The Hall–Kier alpha value is -2.89. The Labute approximate surface area is 479 Å². The van der Waals surface area contributed by atoms with E-state index in [-0.39, 0.29) is 31.1 Å². The minimum atomic E-state index is -0.780. The van der Waals surface area contributed by atoms with Crippen LogP contribution in [-0.4, -0.2) is 37.2 Å². The Bertz CT molecular complexity index is 1380. The molecule has 448 valence electrons. The number of hydrogen-bond donors (Lipinski definition) is 0. The van der Waals surface area contributed by atoms with Crippen molar-refractivity contribution in [1.82, 2.24) is 0 Å². The van der Waals surface area contributed by atoms with Crippen molar-refractivity contribution in [3.8, 4) is 0 Å². The van der Waals surface area contributed by atoms with Crippen molar-refractivity contribution in [2.75, 3.05) is 13.2 Å².